The van der Waals surface area contributed by atoms with E-state index in [9.17, 15) is 34.5 Å². The molecule has 0 radical (unpaired) electrons. The first-order valence-electron chi connectivity index (χ1n) is 27.9. The molecule has 2 atom stereocenters. The van der Waals surface area contributed by atoms with Crippen molar-refractivity contribution in [2.75, 3.05) is 63.0 Å². The largest absolute Gasteiger partial charge is 1.00 e. The molecular weight excluding hydrogens is 1090 g/mol. The van der Waals surface area contributed by atoms with Crippen LogP contribution in [0.4, 0.5) is 21.2 Å². The number of carboxylic acids is 1. The maximum absolute atomic E-state index is 13.2. The van der Waals surface area contributed by atoms with Crippen LogP contribution in [0.2, 0.25) is 10.0 Å². The summed E-state index contributed by atoms with van der Waals surface area (Å²) in [5.74, 6) is 0.565. The van der Waals surface area contributed by atoms with Crippen molar-refractivity contribution in [3.8, 4) is 0 Å². The number of anilines is 2. The Kier molecular flexibility index (Phi) is 32.4. The first-order valence-corrected chi connectivity index (χ1v) is 28.7. The van der Waals surface area contributed by atoms with Crippen molar-refractivity contribution < 1.29 is 62.8 Å². The summed E-state index contributed by atoms with van der Waals surface area (Å²) in [4.78, 5) is 62.8. The van der Waals surface area contributed by atoms with Crippen LogP contribution in [0.15, 0.2) is 85.2 Å². The molecule has 83 heavy (non-hydrogen) atoms. The predicted octanol–water partition coefficient (Wildman–Crippen LogP) is 7.68. The van der Waals surface area contributed by atoms with E-state index in [4.69, 9.17) is 32.7 Å². The average Bonchev–Trinajstić information content (AvgIpc) is 3.41. The number of hydrogen-bond donors (Lipinski definition) is 5. The van der Waals surface area contributed by atoms with E-state index < -0.39 is 35.5 Å². The van der Waals surface area contributed by atoms with Gasteiger partial charge in [0.15, 0.2) is 0 Å². The number of aliphatic hydroxyl groups is 2. The molecular formula is C63H95Cl2LiN8O9. The van der Waals surface area contributed by atoms with E-state index in [1.807, 2.05) is 92.4 Å². The number of amides is 3. The van der Waals surface area contributed by atoms with Crippen molar-refractivity contribution in [3.63, 3.8) is 0 Å². The zero-order valence-electron chi connectivity index (χ0n) is 47.9. The number of carbonyl (C=O) groups is 4. The second-order valence-electron chi connectivity index (χ2n) is 23.3. The van der Waals surface area contributed by atoms with E-state index in [1.165, 1.54) is 0 Å². The van der Waals surface area contributed by atoms with Gasteiger partial charge in [-0.2, -0.15) is 0 Å². The van der Waals surface area contributed by atoms with Gasteiger partial charge in [0.1, 0.15) is 22.8 Å². The van der Waals surface area contributed by atoms with Gasteiger partial charge in [0.2, 0.25) is 5.91 Å². The smallest absolute Gasteiger partial charge is 0.550 e. The molecule has 4 aromatic rings. The quantitative estimate of drug-likeness (QED) is 0.0765. The van der Waals surface area contributed by atoms with E-state index in [1.54, 1.807) is 39.2 Å². The normalized spacial score (nSPS) is 17.3. The van der Waals surface area contributed by atoms with Gasteiger partial charge in [0, 0.05) is 66.4 Å². The Balaban J connectivity index is 0.000000457. The van der Waals surface area contributed by atoms with Gasteiger partial charge in [0.05, 0.1) is 12.2 Å². The maximum Gasteiger partial charge on any atom is 1.00 e. The van der Waals surface area contributed by atoms with Crippen LogP contribution in [0.25, 0.3) is 0 Å². The SMILES string of the molecule is C.C.C.CC(C)(C)OC(=O)Nc1cc(CN2CCC(C(=O)N3CCC(C(O)Cc4ccc(Cl)cc4)CC3)CC2)ccn1.CC(C)(C)OC(=O)Nc1cc(CN2CCC(C(=O)[O-])CC2)ccn1.OC(Cc1ccc(Cl)cc1)C1CCNCC1.[Li+]. The fourth-order valence-corrected chi connectivity index (χ4v) is 10.6. The van der Waals surface area contributed by atoms with Crippen molar-refractivity contribution in [2.24, 2.45) is 23.7 Å². The Bertz CT molecular complexity index is 2540. The number of pyridine rings is 2. The van der Waals surface area contributed by atoms with Gasteiger partial charge in [-0.15, -0.1) is 0 Å². The molecule has 0 bridgehead atoms. The summed E-state index contributed by atoms with van der Waals surface area (Å²) in [7, 11) is 0. The molecule has 6 heterocycles. The van der Waals surface area contributed by atoms with Crippen LogP contribution in [0.5, 0.6) is 0 Å². The van der Waals surface area contributed by atoms with E-state index >= 15 is 0 Å². The zero-order chi connectivity index (χ0) is 57.1. The third kappa shape index (κ3) is 27.0. The summed E-state index contributed by atoms with van der Waals surface area (Å²) in [6.45, 7) is 18.9. The fraction of sp³-hybridized carbons (Fsp3) is 0.587. The Morgan fingerprint density at radius 2 is 0.964 bits per heavy atom. The number of carbonyl (C=O) groups excluding carboxylic acids is 4. The second-order valence-corrected chi connectivity index (χ2v) is 24.2. The third-order valence-corrected chi connectivity index (χ3v) is 15.1. The standard InChI is InChI=1S/C30H41ClN4O4.C17H25N3O4.C13H18ClNO.3CH4.Li/c1-30(2,3)39-29(38)33-27-19-22(8-13-32-27)20-34-14-9-24(10-15-34)28(37)35-16-11-23(12-17-35)26(36)18-21-4-6-25(31)7-5-21;1-17(2,3)24-16(23)19-14-10-12(4-7-18-14)11-20-8-5-13(6-9-20)15(21)22;14-12-3-1-10(2-4-12)9-13(16)11-5-7-15-8-6-11;;;;/h4-8,13,19,23-24,26,36H,9-12,14-18,20H2,1-3H3,(H,32,33,38);4,7,10,13H,5-6,8-9,11H2,1-3H3,(H,21,22)(H,18,19,23);1-4,11,13,15-16H,5-9H2;3*1H4;/q;;;;;;+1/p-1. The Morgan fingerprint density at radius 3 is 1.34 bits per heavy atom. The van der Waals surface area contributed by atoms with Crippen LogP contribution in [-0.2, 0) is 45.0 Å². The van der Waals surface area contributed by atoms with Gasteiger partial charge in [-0.25, -0.2) is 19.6 Å². The van der Waals surface area contributed by atoms with E-state index in [-0.39, 0.29) is 70.9 Å². The van der Waals surface area contributed by atoms with Crippen molar-refractivity contribution in [2.45, 2.75) is 165 Å². The Morgan fingerprint density at radius 1 is 0.590 bits per heavy atom. The molecule has 5 N–H and O–H groups in total. The Hall–Kier alpha value is -4.80. The van der Waals surface area contributed by atoms with Crippen LogP contribution in [-0.4, -0.2) is 135 Å². The zero-order valence-corrected chi connectivity index (χ0v) is 49.4. The first kappa shape index (κ1) is 74.3. The fourth-order valence-electron chi connectivity index (χ4n) is 10.3. The molecule has 0 spiro atoms. The molecule has 0 saturated carbocycles. The van der Waals surface area contributed by atoms with Gasteiger partial charge in [0.25, 0.3) is 0 Å². The van der Waals surface area contributed by atoms with Crippen LogP contribution in [0.1, 0.15) is 137 Å². The summed E-state index contributed by atoms with van der Waals surface area (Å²) in [6.07, 6.45) is 9.71. The molecule has 4 aliphatic heterocycles. The van der Waals surface area contributed by atoms with Gasteiger partial charge in [-0.05, 0) is 228 Å². The number of nitrogens with zero attached hydrogens (tertiary/aromatic N) is 5. The number of ether oxygens (including phenoxy) is 2. The summed E-state index contributed by atoms with van der Waals surface area (Å²) in [6, 6.07) is 22.9. The predicted molar refractivity (Wildman–Crippen MR) is 327 cm³/mol. The molecule has 4 aliphatic rings. The first-order chi connectivity index (χ1) is 37.5. The number of piperidine rings is 4. The number of nitrogens with one attached hydrogen (secondary N) is 3. The van der Waals surface area contributed by atoms with E-state index in [0.29, 0.717) is 61.5 Å². The molecule has 0 aliphatic carbocycles. The molecule has 4 saturated heterocycles. The van der Waals surface area contributed by atoms with Crippen molar-refractivity contribution in [3.05, 3.63) is 117 Å². The topological polar surface area (TPSA) is 222 Å². The van der Waals surface area contributed by atoms with Gasteiger partial charge in [-0.3, -0.25) is 25.2 Å². The molecule has 2 aromatic heterocycles. The summed E-state index contributed by atoms with van der Waals surface area (Å²) >= 11 is 11.8. The number of carboxylic acid groups (broad SMARTS) is 1. The molecule has 17 nitrogen and oxygen atoms in total. The monoisotopic (exact) mass is 1180 g/mol. The van der Waals surface area contributed by atoms with E-state index in [0.717, 1.165) is 118 Å². The van der Waals surface area contributed by atoms with Crippen LogP contribution < -0.4 is 39.9 Å². The average molecular weight is 1190 g/mol. The summed E-state index contributed by atoms with van der Waals surface area (Å²) in [5.41, 5.74) is 3.17. The number of likely N-dealkylation sites (tertiary alicyclic amines) is 3. The molecule has 2 unspecified atom stereocenters. The molecule has 456 valence electrons. The van der Waals surface area contributed by atoms with Crippen molar-refractivity contribution in [1.82, 2.24) is 30.0 Å². The molecule has 3 amide bonds. The number of hydrogen-bond acceptors (Lipinski definition) is 14. The van der Waals surface area contributed by atoms with Gasteiger partial charge < -0.3 is 39.8 Å². The number of halogens is 2. The summed E-state index contributed by atoms with van der Waals surface area (Å²) in [5, 5.41) is 41.8. The van der Waals surface area contributed by atoms with E-state index in [2.05, 4.69) is 35.7 Å². The minimum absolute atomic E-state index is 0. The number of aliphatic hydroxyl groups excluding tert-OH is 2. The molecule has 4 fully saturated rings. The molecule has 8 rings (SSSR count). The second kappa shape index (κ2) is 36.2. The summed E-state index contributed by atoms with van der Waals surface area (Å²) < 4.78 is 10.5. The Labute approximate surface area is 517 Å². The minimum atomic E-state index is -0.956. The van der Waals surface area contributed by atoms with Crippen LogP contribution in [0.3, 0.4) is 0 Å². The van der Waals surface area contributed by atoms with Crippen LogP contribution >= 0.6 is 23.2 Å². The number of aliphatic carboxylic acids is 1. The van der Waals surface area contributed by atoms with Gasteiger partial charge >= 0.3 is 31.0 Å². The number of aromatic nitrogens is 2. The van der Waals surface area contributed by atoms with Crippen molar-refractivity contribution in [1.29, 1.82) is 0 Å². The molecule has 2 aromatic carbocycles. The van der Waals surface area contributed by atoms with Crippen molar-refractivity contribution >= 4 is 58.9 Å². The maximum atomic E-state index is 13.2. The van der Waals surface area contributed by atoms with Gasteiger partial charge in [-0.1, -0.05) is 69.7 Å². The third-order valence-electron chi connectivity index (χ3n) is 14.6. The minimum Gasteiger partial charge on any atom is -0.550 e. The number of benzene rings is 2. The van der Waals surface area contributed by atoms with Crippen LogP contribution in [0, 0.1) is 23.7 Å². The number of rotatable bonds is 14. The molecule has 20 heteroatoms.